The van der Waals surface area contributed by atoms with E-state index < -0.39 is 0 Å². The molecule has 2 heterocycles. The molecule has 0 bridgehead atoms. The Morgan fingerprint density at radius 2 is 2.00 bits per heavy atom. The third-order valence-electron chi connectivity index (χ3n) is 4.66. The van der Waals surface area contributed by atoms with Crippen molar-refractivity contribution in [3.8, 4) is 16.9 Å². The summed E-state index contributed by atoms with van der Waals surface area (Å²) in [5.74, 6) is -0.133. The van der Waals surface area contributed by atoms with Crippen molar-refractivity contribution in [2.75, 3.05) is 7.05 Å². The normalized spacial score (nSPS) is 12.0. The molecule has 0 radical (unpaired) electrons. The number of thioether (sulfide) groups is 1. The lowest BCUT2D eigenvalue weighted by Crippen LogP contribution is -2.17. The summed E-state index contributed by atoms with van der Waals surface area (Å²) in [5, 5.41) is 20.8. The number of hydrogen-bond acceptors (Lipinski definition) is 6. The maximum atomic E-state index is 11.9. The minimum absolute atomic E-state index is 0.133. The van der Waals surface area contributed by atoms with Crippen LogP contribution in [0.1, 0.15) is 28.1 Å². The van der Waals surface area contributed by atoms with E-state index in [4.69, 9.17) is 0 Å². The smallest absolute Gasteiger partial charge is 0.251 e. The minimum atomic E-state index is -0.133. The Kier molecular flexibility index (Phi) is 5.62. The van der Waals surface area contributed by atoms with Crippen molar-refractivity contribution in [1.29, 1.82) is 0 Å². The predicted octanol–water partition coefficient (Wildman–Crippen LogP) is 3.28. The van der Waals surface area contributed by atoms with E-state index in [0.717, 1.165) is 22.0 Å². The second-order valence-electron chi connectivity index (χ2n) is 6.76. The summed E-state index contributed by atoms with van der Waals surface area (Å²) < 4.78 is 1.90. The third kappa shape index (κ3) is 4.11. The van der Waals surface area contributed by atoms with E-state index in [-0.39, 0.29) is 11.2 Å². The van der Waals surface area contributed by atoms with E-state index in [0.29, 0.717) is 11.3 Å². The molecule has 1 N–H and O–H groups in total. The summed E-state index contributed by atoms with van der Waals surface area (Å²) in [4.78, 5) is 13.5. The maximum Gasteiger partial charge on any atom is 0.251 e. The first-order chi connectivity index (χ1) is 14.5. The van der Waals surface area contributed by atoms with Crippen molar-refractivity contribution in [3.63, 3.8) is 0 Å². The van der Waals surface area contributed by atoms with Gasteiger partial charge in [-0.1, -0.05) is 36.0 Å². The lowest BCUT2D eigenvalue weighted by molar-refractivity contribution is 0.0963. The summed E-state index contributed by atoms with van der Waals surface area (Å²) in [6, 6.07) is 15.4. The predicted molar refractivity (Wildman–Crippen MR) is 115 cm³/mol. The Labute approximate surface area is 178 Å². The molecule has 0 aliphatic carbocycles. The van der Waals surface area contributed by atoms with E-state index in [9.17, 15) is 4.79 Å². The van der Waals surface area contributed by atoms with Crippen LogP contribution in [-0.4, -0.2) is 42.7 Å². The Bertz CT molecular complexity index is 1180. The topological polar surface area (TPSA) is 90.5 Å². The minimum Gasteiger partial charge on any atom is -0.355 e. The van der Waals surface area contributed by atoms with Crippen LogP contribution < -0.4 is 5.32 Å². The fraction of sp³-hybridized carbons (Fsp3) is 0.190. The first-order valence-corrected chi connectivity index (χ1v) is 10.3. The molecule has 152 valence electrons. The molecule has 0 saturated carbocycles. The number of rotatable bonds is 6. The molecular formula is C21H21N7OS. The fourth-order valence-electron chi connectivity index (χ4n) is 2.99. The molecule has 4 rings (SSSR count). The summed E-state index contributed by atoms with van der Waals surface area (Å²) in [6.07, 6.45) is 3.40. The molecule has 0 aliphatic rings. The van der Waals surface area contributed by atoms with Gasteiger partial charge in [-0.05, 0) is 36.8 Å². The average molecular weight is 420 g/mol. The molecule has 0 saturated heterocycles. The molecule has 1 atom stereocenters. The molecule has 8 nitrogen and oxygen atoms in total. The quantitative estimate of drug-likeness (QED) is 0.483. The van der Waals surface area contributed by atoms with Crippen LogP contribution in [0.4, 0.5) is 0 Å². The van der Waals surface area contributed by atoms with Gasteiger partial charge in [0.05, 0.1) is 11.9 Å². The van der Waals surface area contributed by atoms with Crippen molar-refractivity contribution in [3.05, 3.63) is 72.2 Å². The second kappa shape index (κ2) is 8.50. The Balaban J connectivity index is 1.57. The number of nitrogens with zero attached hydrogens (tertiary/aromatic N) is 6. The Hall–Kier alpha value is -3.46. The molecule has 0 fully saturated rings. The van der Waals surface area contributed by atoms with Crippen molar-refractivity contribution in [2.45, 2.75) is 17.3 Å². The number of aryl methyl sites for hydroxylation is 1. The Morgan fingerprint density at radius 1 is 1.17 bits per heavy atom. The van der Waals surface area contributed by atoms with E-state index in [1.54, 1.807) is 42.2 Å². The van der Waals surface area contributed by atoms with Gasteiger partial charge in [0.15, 0.2) is 5.16 Å². The van der Waals surface area contributed by atoms with E-state index in [2.05, 4.69) is 44.8 Å². The highest BCUT2D eigenvalue weighted by molar-refractivity contribution is 7.99. The van der Waals surface area contributed by atoms with Gasteiger partial charge in [-0.2, -0.15) is 9.90 Å². The van der Waals surface area contributed by atoms with Gasteiger partial charge in [0.1, 0.15) is 12.0 Å². The lowest BCUT2D eigenvalue weighted by Gasteiger charge is -2.12. The zero-order valence-corrected chi connectivity index (χ0v) is 17.7. The van der Waals surface area contributed by atoms with Crippen LogP contribution in [0.3, 0.4) is 0 Å². The molecule has 0 unspecified atom stereocenters. The number of amides is 1. The number of hydrogen-bond donors (Lipinski definition) is 1. The van der Waals surface area contributed by atoms with Gasteiger partial charge >= 0.3 is 0 Å². The van der Waals surface area contributed by atoms with Crippen molar-refractivity contribution < 1.29 is 4.79 Å². The molecule has 9 heteroatoms. The second-order valence-corrected chi connectivity index (χ2v) is 8.07. The van der Waals surface area contributed by atoms with Crippen molar-refractivity contribution in [2.24, 2.45) is 7.05 Å². The zero-order chi connectivity index (χ0) is 21.1. The van der Waals surface area contributed by atoms with Gasteiger partial charge in [-0.15, -0.1) is 15.3 Å². The summed E-state index contributed by atoms with van der Waals surface area (Å²) >= 11 is 1.64. The van der Waals surface area contributed by atoms with Gasteiger partial charge in [-0.3, -0.25) is 4.79 Å². The maximum absolute atomic E-state index is 11.9. The Morgan fingerprint density at radius 3 is 2.77 bits per heavy atom. The molecule has 4 aromatic rings. The summed E-state index contributed by atoms with van der Waals surface area (Å²) in [6.45, 7) is 2.13. The highest BCUT2D eigenvalue weighted by Crippen LogP contribution is 2.33. The number of carbonyl (C=O) groups is 1. The monoisotopic (exact) mass is 419 g/mol. The number of benzene rings is 2. The van der Waals surface area contributed by atoms with Gasteiger partial charge in [0.25, 0.3) is 5.91 Å². The van der Waals surface area contributed by atoms with Crippen LogP contribution in [0, 0.1) is 0 Å². The van der Waals surface area contributed by atoms with Crippen LogP contribution in [0.5, 0.6) is 0 Å². The van der Waals surface area contributed by atoms with Crippen LogP contribution >= 0.6 is 11.8 Å². The van der Waals surface area contributed by atoms with Gasteiger partial charge < -0.3 is 9.88 Å². The molecule has 30 heavy (non-hydrogen) atoms. The first-order valence-electron chi connectivity index (χ1n) is 9.41. The highest BCUT2D eigenvalue weighted by Gasteiger charge is 2.13. The van der Waals surface area contributed by atoms with Gasteiger partial charge in [-0.25, -0.2) is 0 Å². The van der Waals surface area contributed by atoms with Crippen LogP contribution in [0.2, 0.25) is 0 Å². The van der Waals surface area contributed by atoms with Crippen LogP contribution in [0.25, 0.3) is 16.9 Å². The third-order valence-corrected chi connectivity index (χ3v) is 5.87. The molecule has 1 amide bonds. The van der Waals surface area contributed by atoms with Crippen molar-refractivity contribution >= 4 is 17.7 Å². The average Bonchev–Trinajstić information content (AvgIpc) is 3.43. The molecule has 2 aromatic carbocycles. The largest absolute Gasteiger partial charge is 0.355 e. The van der Waals surface area contributed by atoms with Crippen LogP contribution in [0.15, 0.2) is 66.2 Å². The van der Waals surface area contributed by atoms with Crippen molar-refractivity contribution in [1.82, 2.24) is 35.1 Å². The fourth-order valence-corrected chi connectivity index (χ4v) is 3.90. The standard InChI is InChI=1S/C21H21N7OS/c1-14(30-21-25-23-13-27(21)3)15-6-5-9-18(11-15)28-24-12-19(26-28)16-7-4-8-17(10-16)20(29)22-2/h4-14H,1-3H3,(H,22,29)/t14-/m0/s1. The zero-order valence-electron chi connectivity index (χ0n) is 16.9. The number of carbonyl (C=O) groups excluding carboxylic acids is 1. The molecule has 0 spiro atoms. The van der Waals surface area contributed by atoms with Gasteiger partial charge in [0.2, 0.25) is 0 Å². The first kappa shape index (κ1) is 19.8. The summed E-state index contributed by atoms with van der Waals surface area (Å²) in [5.41, 5.74) is 4.13. The molecular weight excluding hydrogens is 398 g/mol. The number of aromatic nitrogens is 6. The SMILES string of the molecule is CNC(=O)c1cccc(-c2cnn(-c3cccc([C@H](C)Sc4nncn4C)c3)n2)c1. The van der Waals surface area contributed by atoms with E-state index in [1.807, 2.05) is 41.9 Å². The lowest BCUT2D eigenvalue weighted by atomic mass is 10.1. The summed E-state index contributed by atoms with van der Waals surface area (Å²) in [7, 11) is 3.54. The molecule has 0 aliphatic heterocycles. The van der Waals surface area contributed by atoms with Gasteiger partial charge in [0, 0.05) is 30.5 Å². The number of nitrogens with one attached hydrogen (secondary N) is 1. The van der Waals surface area contributed by atoms with E-state index in [1.165, 1.54) is 0 Å². The van der Waals surface area contributed by atoms with Crippen LogP contribution in [-0.2, 0) is 7.05 Å². The molecule has 2 aromatic heterocycles. The van der Waals surface area contributed by atoms with E-state index >= 15 is 0 Å². The highest BCUT2D eigenvalue weighted by atomic mass is 32.2.